The van der Waals surface area contributed by atoms with Gasteiger partial charge < -0.3 is 14.3 Å². The molecule has 1 atom stereocenters. The van der Waals surface area contributed by atoms with Gasteiger partial charge in [0.1, 0.15) is 35.2 Å². The van der Waals surface area contributed by atoms with E-state index < -0.39 is 17.7 Å². The molecule has 37 heavy (non-hydrogen) atoms. The van der Waals surface area contributed by atoms with Crippen LogP contribution in [0.1, 0.15) is 18.1 Å². The van der Waals surface area contributed by atoms with E-state index >= 15 is 4.39 Å². The van der Waals surface area contributed by atoms with E-state index in [4.69, 9.17) is 14.3 Å². The van der Waals surface area contributed by atoms with Crippen LogP contribution in [0, 0.1) is 17.6 Å². The summed E-state index contributed by atoms with van der Waals surface area (Å²) in [4.78, 5) is 11.0. The summed E-state index contributed by atoms with van der Waals surface area (Å²) in [5.41, 5.74) is 3.57. The second-order valence-corrected chi connectivity index (χ2v) is 9.92. The highest BCUT2D eigenvalue weighted by molar-refractivity contribution is 7.98. The molecular weight excluding hydrogens is 494 g/mol. The van der Waals surface area contributed by atoms with Crippen LogP contribution < -0.4 is 4.74 Å². The lowest BCUT2D eigenvalue weighted by Crippen LogP contribution is -2.11. The maximum atomic E-state index is 15.2. The molecule has 188 valence electrons. The molecule has 7 heteroatoms. The van der Waals surface area contributed by atoms with Gasteiger partial charge in [-0.2, -0.15) is 11.8 Å². The van der Waals surface area contributed by atoms with Crippen LogP contribution in [0.4, 0.5) is 8.78 Å². The third-order valence-corrected chi connectivity index (χ3v) is 7.45. The lowest BCUT2D eigenvalue weighted by molar-refractivity contribution is -0.140. The minimum Gasteiger partial charge on any atom is -0.489 e. The van der Waals surface area contributed by atoms with Gasteiger partial charge in [0, 0.05) is 39.0 Å². The van der Waals surface area contributed by atoms with Crippen LogP contribution in [0.2, 0.25) is 0 Å². The fourth-order valence-electron chi connectivity index (χ4n) is 4.16. The Bertz CT molecular complexity index is 1590. The number of hydrogen-bond acceptors (Lipinski definition) is 4. The van der Waals surface area contributed by atoms with E-state index in [0.717, 1.165) is 16.4 Å². The molecular formula is C30H24F2O4S. The molecule has 0 fully saturated rings. The van der Waals surface area contributed by atoms with E-state index in [1.54, 1.807) is 25.1 Å². The molecule has 0 saturated carbocycles. The number of thioether (sulfide) groups is 1. The standard InChI is InChI=1S/C30H24F2O4S/c1-18(30(33)34)16-37-17-20-14-21(10-12-26(20)31)35-15-19-9-11-22(27(32)13-19)24-6-4-7-25-23-5-2-3-8-28(23)36-29(24)25/h2-14,18H,15-17H2,1H3,(H,33,34). The molecule has 0 radical (unpaired) electrons. The smallest absolute Gasteiger partial charge is 0.307 e. The molecule has 0 amide bonds. The van der Waals surface area contributed by atoms with Gasteiger partial charge in [-0.25, -0.2) is 8.78 Å². The zero-order valence-corrected chi connectivity index (χ0v) is 20.9. The fourth-order valence-corrected chi connectivity index (χ4v) is 5.22. The molecule has 5 rings (SSSR count). The molecule has 0 aliphatic heterocycles. The Morgan fingerprint density at radius 3 is 2.57 bits per heavy atom. The van der Waals surface area contributed by atoms with Crippen molar-refractivity contribution < 1.29 is 27.8 Å². The second-order valence-electron chi connectivity index (χ2n) is 8.89. The van der Waals surface area contributed by atoms with Crippen LogP contribution in [-0.4, -0.2) is 16.8 Å². The van der Waals surface area contributed by atoms with Gasteiger partial charge in [-0.05, 0) is 35.9 Å². The quantitative estimate of drug-likeness (QED) is 0.214. The van der Waals surface area contributed by atoms with Crippen molar-refractivity contribution in [3.63, 3.8) is 0 Å². The molecule has 0 aliphatic carbocycles. The van der Waals surface area contributed by atoms with Gasteiger partial charge in [0.25, 0.3) is 0 Å². The number of para-hydroxylation sites is 2. The maximum absolute atomic E-state index is 15.2. The number of carboxylic acid groups (broad SMARTS) is 1. The molecule has 0 saturated heterocycles. The van der Waals surface area contributed by atoms with Crippen molar-refractivity contribution in [1.29, 1.82) is 0 Å². The average molecular weight is 519 g/mol. The predicted molar refractivity (Wildman–Crippen MR) is 143 cm³/mol. The lowest BCUT2D eigenvalue weighted by atomic mass is 10.0. The zero-order chi connectivity index (χ0) is 25.9. The highest BCUT2D eigenvalue weighted by atomic mass is 32.2. The van der Waals surface area contributed by atoms with Gasteiger partial charge in [-0.3, -0.25) is 4.79 Å². The van der Waals surface area contributed by atoms with Gasteiger partial charge >= 0.3 is 5.97 Å². The summed E-state index contributed by atoms with van der Waals surface area (Å²) in [5.74, 6) is -0.984. The predicted octanol–water partition coefficient (Wildman–Crippen LogP) is 8.06. The number of aliphatic carboxylic acids is 1. The van der Waals surface area contributed by atoms with E-state index in [1.165, 1.54) is 30.0 Å². The van der Waals surface area contributed by atoms with Crippen molar-refractivity contribution in [2.24, 2.45) is 5.92 Å². The Labute approximate surface area is 216 Å². The molecule has 1 N–H and O–H groups in total. The van der Waals surface area contributed by atoms with Crippen LogP contribution >= 0.6 is 11.8 Å². The summed E-state index contributed by atoms with van der Waals surface area (Å²) in [6.07, 6.45) is 0. The number of halogens is 2. The van der Waals surface area contributed by atoms with Crippen molar-refractivity contribution in [3.8, 4) is 16.9 Å². The molecule has 5 aromatic rings. The highest BCUT2D eigenvalue weighted by Crippen LogP contribution is 2.36. The van der Waals surface area contributed by atoms with Gasteiger partial charge in [0.05, 0.1) is 5.92 Å². The van der Waals surface area contributed by atoms with Gasteiger partial charge in [0.15, 0.2) is 0 Å². The Kier molecular flexibility index (Phi) is 7.15. The van der Waals surface area contributed by atoms with Crippen LogP contribution in [0.5, 0.6) is 5.75 Å². The molecule has 4 aromatic carbocycles. The Morgan fingerprint density at radius 2 is 1.76 bits per heavy atom. The number of fused-ring (bicyclic) bond motifs is 3. The number of carbonyl (C=O) groups is 1. The largest absolute Gasteiger partial charge is 0.489 e. The van der Waals surface area contributed by atoms with E-state index in [-0.39, 0.29) is 12.4 Å². The van der Waals surface area contributed by atoms with Crippen LogP contribution in [0.25, 0.3) is 33.1 Å². The molecule has 4 nitrogen and oxygen atoms in total. The number of carboxylic acids is 1. The van der Waals surface area contributed by atoms with Crippen molar-refractivity contribution in [3.05, 3.63) is 102 Å². The second kappa shape index (κ2) is 10.6. The van der Waals surface area contributed by atoms with Gasteiger partial charge in [-0.1, -0.05) is 55.5 Å². The van der Waals surface area contributed by atoms with Gasteiger partial charge in [-0.15, -0.1) is 0 Å². The first-order valence-electron chi connectivity index (χ1n) is 11.8. The normalized spacial score (nSPS) is 12.2. The summed E-state index contributed by atoms with van der Waals surface area (Å²) in [6, 6.07) is 22.8. The van der Waals surface area contributed by atoms with Crippen molar-refractivity contribution in [2.45, 2.75) is 19.3 Å². The Balaban J connectivity index is 1.31. The van der Waals surface area contributed by atoms with Crippen LogP contribution in [0.3, 0.4) is 0 Å². The Morgan fingerprint density at radius 1 is 0.946 bits per heavy atom. The topological polar surface area (TPSA) is 59.7 Å². The first-order valence-corrected chi connectivity index (χ1v) is 13.0. The fraction of sp³-hybridized carbons (Fsp3) is 0.167. The van der Waals surface area contributed by atoms with Crippen molar-refractivity contribution in [1.82, 2.24) is 0 Å². The number of hydrogen-bond donors (Lipinski definition) is 1. The number of furan rings is 1. The van der Waals surface area contributed by atoms with Crippen molar-refractivity contribution >= 4 is 39.7 Å². The first kappa shape index (κ1) is 24.8. The molecule has 1 aromatic heterocycles. The summed E-state index contributed by atoms with van der Waals surface area (Å²) in [6.45, 7) is 1.73. The summed E-state index contributed by atoms with van der Waals surface area (Å²) in [7, 11) is 0. The van der Waals surface area contributed by atoms with Crippen LogP contribution in [-0.2, 0) is 17.2 Å². The summed E-state index contributed by atoms with van der Waals surface area (Å²) >= 11 is 1.35. The SMILES string of the molecule is CC(CSCc1cc(OCc2ccc(-c3cccc4c3oc3ccccc34)c(F)c2)ccc1F)C(=O)O. The first-order chi connectivity index (χ1) is 17.9. The third-order valence-electron chi connectivity index (χ3n) is 6.20. The third kappa shape index (κ3) is 5.32. The summed E-state index contributed by atoms with van der Waals surface area (Å²) in [5, 5.41) is 10.9. The van der Waals surface area contributed by atoms with E-state index in [2.05, 4.69) is 0 Å². The average Bonchev–Trinajstić information content (AvgIpc) is 3.28. The number of rotatable bonds is 9. The minimum atomic E-state index is -0.877. The minimum absolute atomic E-state index is 0.111. The monoisotopic (exact) mass is 518 g/mol. The highest BCUT2D eigenvalue weighted by Gasteiger charge is 2.15. The van der Waals surface area contributed by atoms with Crippen LogP contribution in [0.15, 0.2) is 83.3 Å². The molecule has 1 heterocycles. The van der Waals surface area contributed by atoms with E-state index in [9.17, 15) is 9.18 Å². The van der Waals surface area contributed by atoms with E-state index in [0.29, 0.717) is 45.1 Å². The molecule has 1 unspecified atom stereocenters. The number of benzene rings is 4. The molecule has 0 aliphatic rings. The number of ether oxygens (including phenoxy) is 1. The lowest BCUT2D eigenvalue weighted by Gasteiger charge is -2.11. The van der Waals surface area contributed by atoms with Crippen molar-refractivity contribution in [2.75, 3.05) is 5.75 Å². The molecule has 0 spiro atoms. The molecule has 0 bridgehead atoms. The van der Waals surface area contributed by atoms with E-state index in [1.807, 2.05) is 42.5 Å². The summed E-state index contributed by atoms with van der Waals surface area (Å²) < 4.78 is 41.3. The maximum Gasteiger partial charge on any atom is 0.307 e. The van der Waals surface area contributed by atoms with Gasteiger partial charge in [0.2, 0.25) is 0 Å². The zero-order valence-electron chi connectivity index (χ0n) is 20.0. The Hall–Kier alpha value is -3.84.